The van der Waals surface area contributed by atoms with Gasteiger partial charge in [0.05, 0.1) is 17.2 Å². The molecule has 1 fully saturated rings. The molecule has 1 saturated heterocycles. The Morgan fingerprint density at radius 1 is 1.48 bits per heavy atom. The second kappa shape index (κ2) is 6.37. The highest BCUT2D eigenvalue weighted by Gasteiger charge is 2.26. The summed E-state index contributed by atoms with van der Waals surface area (Å²) in [7, 11) is -3.75. The topological polar surface area (TPSA) is 111 Å². The predicted octanol–water partition coefficient (Wildman–Crippen LogP) is 1.09. The summed E-state index contributed by atoms with van der Waals surface area (Å²) in [5.74, 6) is 0. The van der Waals surface area contributed by atoms with Gasteiger partial charge in [0.1, 0.15) is 4.90 Å². The van der Waals surface area contributed by atoms with Crippen molar-refractivity contribution < 1.29 is 18.1 Å². The molecule has 1 atom stereocenters. The zero-order valence-electron chi connectivity index (χ0n) is 11.5. The van der Waals surface area contributed by atoms with Crippen LogP contribution in [0.4, 0.5) is 11.4 Å². The number of nitro groups is 1. The molecule has 1 aliphatic rings. The molecular weight excluding hydrogens is 298 g/mol. The molecule has 0 radical (unpaired) electrons. The lowest BCUT2D eigenvalue weighted by atomic mass is 10.3. The number of sulfonamides is 1. The lowest BCUT2D eigenvalue weighted by Crippen LogP contribution is -2.35. The Balaban J connectivity index is 2.34. The van der Waals surface area contributed by atoms with Gasteiger partial charge >= 0.3 is 0 Å². The van der Waals surface area contributed by atoms with Gasteiger partial charge < -0.3 is 10.1 Å². The molecule has 21 heavy (non-hydrogen) atoms. The van der Waals surface area contributed by atoms with Crippen LogP contribution in [0.2, 0.25) is 0 Å². The van der Waals surface area contributed by atoms with E-state index in [1.54, 1.807) is 6.92 Å². The van der Waals surface area contributed by atoms with E-state index < -0.39 is 14.9 Å². The molecule has 1 aromatic rings. The zero-order valence-corrected chi connectivity index (χ0v) is 12.4. The van der Waals surface area contributed by atoms with Crippen molar-refractivity contribution in [2.24, 2.45) is 0 Å². The van der Waals surface area contributed by atoms with E-state index in [0.717, 1.165) is 0 Å². The number of anilines is 1. The second-order valence-electron chi connectivity index (χ2n) is 4.65. The highest BCUT2D eigenvalue weighted by atomic mass is 32.2. The highest BCUT2D eigenvalue weighted by Crippen LogP contribution is 2.27. The van der Waals surface area contributed by atoms with E-state index >= 15 is 0 Å². The van der Waals surface area contributed by atoms with Crippen LogP contribution in [0, 0.1) is 10.1 Å². The molecule has 1 aromatic carbocycles. The van der Waals surface area contributed by atoms with Gasteiger partial charge in [-0.3, -0.25) is 10.1 Å². The van der Waals surface area contributed by atoms with Crippen LogP contribution in [-0.4, -0.2) is 39.1 Å². The molecule has 0 amide bonds. The minimum absolute atomic E-state index is 0.00171. The van der Waals surface area contributed by atoms with Gasteiger partial charge in [0.2, 0.25) is 10.0 Å². The maximum Gasteiger partial charge on any atom is 0.271 e. The number of nitrogens with one attached hydrogen (secondary N) is 2. The Hall–Kier alpha value is -1.71. The summed E-state index contributed by atoms with van der Waals surface area (Å²) in [5, 5.41) is 13.6. The van der Waals surface area contributed by atoms with E-state index in [1.807, 2.05) is 0 Å². The third-order valence-electron chi connectivity index (χ3n) is 3.08. The molecule has 2 rings (SSSR count). The van der Waals surface area contributed by atoms with E-state index in [1.165, 1.54) is 18.2 Å². The average Bonchev–Trinajstić information content (AvgIpc) is 2.91. The smallest absolute Gasteiger partial charge is 0.271 e. The molecule has 0 bridgehead atoms. The van der Waals surface area contributed by atoms with Crippen LogP contribution >= 0.6 is 0 Å². The molecule has 9 heteroatoms. The van der Waals surface area contributed by atoms with Crippen LogP contribution in [0.1, 0.15) is 13.3 Å². The Bertz CT molecular complexity index is 626. The van der Waals surface area contributed by atoms with Crippen molar-refractivity contribution in [3.05, 3.63) is 28.3 Å². The molecule has 1 heterocycles. The molecule has 0 spiro atoms. The Labute approximate surface area is 122 Å². The van der Waals surface area contributed by atoms with Crippen molar-refractivity contribution in [3.8, 4) is 0 Å². The summed E-state index contributed by atoms with van der Waals surface area (Å²) in [5.41, 5.74) is 0.0622. The monoisotopic (exact) mass is 315 g/mol. The first-order valence-corrected chi connectivity index (χ1v) is 8.04. The summed E-state index contributed by atoms with van der Waals surface area (Å²) in [6.45, 7) is 3.10. The fourth-order valence-electron chi connectivity index (χ4n) is 2.10. The van der Waals surface area contributed by atoms with E-state index in [9.17, 15) is 18.5 Å². The minimum atomic E-state index is -3.75. The number of benzene rings is 1. The summed E-state index contributed by atoms with van der Waals surface area (Å²) < 4.78 is 32.5. The van der Waals surface area contributed by atoms with Crippen LogP contribution < -0.4 is 10.0 Å². The first-order valence-electron chi connectivity index (χ1n) is 6.56. The standard InChI is InChI=1S/C12H17N3O5S/c1-2-13-11-7-10(15(16)17)3-4-12(11)21(18,19)14-9-5-6-20-8-9/h3-4,7,9,13-14H,2,5-6,8H2,1H3. The van der Waals surface area contributed by atoms with Crippen LogP contribution in [0.25, 0.3) is 0 Å². The van der Waals surface area contributed by atoms with Crippen molar-refractivity contribution in [1.82, 2.24) is 4.72 Å². The van der Waals surface area contributed by atoms with Crippen molar-refractivity contribution >= 4 is 21.4 Å². The van der Waals surface area contributed by atoms with Crippen molar-refractivity contribution in [2.45, 2.75) is 24.3 Å². The fourth-order valence-corrected chi connectivity index (χ4v) is 3.52. The van der Waals surface area contributed by atoms with Gasteiger partial charge in [0, 0.05) is 31.3 Å². The van der Waals surface area contributed by atoms with Crippen LogP contribution in [0.3, 0.4) is 0 Å². The Morgan fingerprint density at radius 2 is 2.24 bits per heavy atom. The molecule has 8 nitrogen and oxygen atoms in total. The third-order valence-corrected chi connectivity index (χ3v) is 4.66. The molecule has 116 valence electrons. The van der Waals surface area contributed by atoms with Crippen LogP contribution in [0.5, 0.6) is 0 Å². The van der Waals surface area contributed by atoms with Crippen molar-refractivity contribution in [3.63, 3.8) is 0 Å². The van der Waals surface area contributed by atoms with Gasteiger partial charge in [-0.2, -0.15) is 0 Å². The summed E-state index contributed by atoms with van der Waals surface area (Å²) in [6.07, 6.45) is 0.614. The quantitative estimate of drug-likeness (QED) is 0.600. The van der Waals surface area contributed by atoms with E-state index in [4.69, 9.17) is 4.74 Å². The Kier molecular flexibility index (Phi) is 4.76. The highest BCUT2D eigenvalue weighted by molar-refractivity contribution is 7.89. The molecule has 1 unspecified atom stereocenters. The van der Waals surface area contributed by atoms with E-state index in [2.05, 4.69) is 10.0 Å². The predicted molar refractivity (Wildman–Crippen MR) is 76.8 cm³/mol. The SMILES string of the molecule is CCNc1cc([N+](=O)[O-])ccc1S(=O)(=O)NC1CCOC1. The zero-order chi connectivity index (χ0) is 15.5. The molecule has 2 N–H and O–H groups in total. The van der Waals surface area contributed by atoms with Gasteiger partial charge in [-0.1, -0.05) is 0 Å². The number of non-ortho nitro benzene ring substituents is 1. The minimum Gasteiger partial charge on any atom is -0.384 e. The summed E-state index contributed by atoms with van der Waals surface area (Å²) >= 11 is 0. The second-order valence-corrected chi connectivity index (χ2v) is 6.33. The van der Waals surface area contributed by atoms with Crippen molar-refractivity contribution in [1.29, 1.82) is 0 Å². The third kappa shape index (κ3) is 3.69. The van der Waals surface area contributed by atoms with Crippen LogP contribution in [0.15, 0.2) is 23.1 Å². The summed E-state index contributed by atoms with van der Waals surface area (Å²) in [4.78, 5) is 10.2. The largest absolute Gasteiger partial charge is 0.384 e. The van der Waals surface area contributed by atoms with E-state index in [-0.39, 0.29) is 22.3 Å². The maximum absolute atomic E-state index is 12.4. The Morgan fingerprint density at radius 3 is 2.81 bits per heavy atom. The number of hydrogen-bond acceptors (Lipinski definition) is 6. The van der Waals surface area contributed by atoms with Gasteiger partial charge in [0.25, 0.3) is 5.69 Å². The maximum atomic E-state index is 12.4. The van der Waals surface area contributed by atoms with Crippen molar-refractivity contribution in [2.75, 3.05) is 25.1 Å². The lowest BCUT2D eigenvalue weighted by molar-refractivity contribution is -0.384. The molecule has 0 aromatic heterocycles. The molecule has 0 saturated carbocycles. The normalized spacial score (nSPS) is 18.6. The first-order chi connectivity index (χ1) is 9.94. The summed E-state index contributed by atoms with van der Waals surface area (Å²) in [6, 6.07) is 3.39. The molecular formula is C12H17N3O5S. The molecule has 0 aliphatic carbocycles. The number of hydrogen-bond donors (Lipinski definition) is 2. The van der Waals surface area contributed by atoms with E-state index in [0.29, 0.717) is 26.2 Å². The first kappa shape index (κ1) is 15.7. The average molecular weight is 315 g/mol. The number of rotatable bonds is 6. The van der Waals surface area contributed by atoms with Gasteiger partial charge in [0.15, 0.2) is 0 Å². The number of nitro benzene ring substituents is 1. The van der Waals surface area contributed by atoms with Gasteiger partial charge in [-0.15, -0.1) is 0 Å². The fraction of sp³-hybridized carbons (Fsp3) is 0.500. The number of ether oxygens (including phenoxy) is 1. The number of nitrogens with zero attached hydrogens (tertiary/aromatic N) is 1. The lowest BCUT2D eigenvalue weighted by Gasteiger charge is -2.15. The molecule has 1 aliphatic heterocycles. The van der Waals surface area contributed by atoms with Gasteiger partial charge in [-0.25, -0.2) is 13.1 Å². The van der Waals surface area contributed by atoms with Crippen LogP contribution in [-0.2, 0) is 14.8 Å². The van der Waals surface area contributed by atoms with Gasteiger partial charge in [-0.05, 0) is 19.4 Å².